The first-order chi connectivity index (χ1) is 13.9. The maximum absolute atomic E-state index is 13.7. The highest BCUT2D eigenvalue weighted by Crippen LogP contribution is 2.20. The maximum atomic E-state index is 13.7. The van der Waals surface area contributed by atoms with E-state index in [4.69, 9.17) is 0 Å². The first-order valence-corrected chi connectivity index (χ1v) is 10.1. The molecule has 148 valence electrons. The second-order valence-electron chi connectivity index (χ2n) is 6.08. The molecule has 0 bridgehead atoms. The van der Waals surface area contributed by atoms with Gasteiger partial charge in [0.25, 0.3) is 5.91 Å². The van der Waals surface area contributed by atoms with Crippen molar-refractivity contribution in [3.63, 3.8) is 0 Å². The third-order valence-corrected chi connectivity index (χ3v) is 5.10. The number of amides is 3. The Morgan fingerprint density at radius 2 is 1.72 bits per heavy atom. The van der Waals surface area contributed by atoms with Crippen LogP contribution in [0.2, 0.25) is 0 Å². The van der Waals surface area contributed by atoms with E-state index in [1.165, 1.54) is 22.5 Å². The average molecular weight is 521 g/mol. The third kappa shape index (κ3) is 5.70. The fourth-order valence-corrected chi connectivity index (χ4v) is 3.36. The highest BCUT2D eigenvalue weighted by Gasteiger charge is 2.13. The zero-order chi connectivity index (χ0) is 20.8. The van der Waals surface area contributed by atoms with Gasteiger partial charge in [-0.25, -0.2) is 13.5 Å². The lowest BCUT2D eigenvalue weighted by molar-refractivity contribution is 0.102. The number of rotatable bonds is 5. The van der Waals surface area contributed by atoms with Gasteiger partial charge in [0.05, 0.1) is 11.3 Å². The molecule has 0 radical (unpaired) electrons. The second kappa shape index (κ2) is 9.75. The van der Waals surface area contributed by atoms with Crippen LogP contribution in [0, 0.1) is 9.39 Å². The minimum atomic E-state index is -0.590. The Morgan fingerprint density at radius 3 is 2.41 bits per heavy atom. The summed E-state index contributed by atoms with van der Waals surface area (Å²) in [7, 11) is 0. The average Bonchev–Trinajstić information content (AvgIpc) is 2.72. The van der Waals surface area contributed by atoms with E-state index < -0.39 is 11.7 Å². The molecule has 5 nitrogen and oxygen atoms in total. The van der Waals surface area contributed by atoms with Crippen molar-refractivity contribution in [3.05, 3.63) is 93.3 Å². The number of thiol groups is 1. The topological polar surface area (TPSA) is 61.4 Å². The molecule has 0 aromatic heterocycles. The summed E-state index contributed by atoms with van der Waals surface area (Å²) in [5.41, 5.74) is 1.95. The van der Waals surface area contributed by atoms with Gasteiger partial charge in [-0.3, -0.25) is 4.79 Å². The van der Waals surface area contributed by atoms with Crippen molar-refractivity contribution in [3.8, 4) is 0 Å². The lowest BCUT2D eigenvalue weighted by Crippen LogP contribution is -2.33. The summed E-state index contributed by atoms with van der Waals surface area (Å²) in [6.07, 6.45) is 0. The number of hydrogen-bond donors (Lipinski definition) is 3. The minimum Gasteiger partial charge on any atom is -0.333 e. The fourth-order valence-electron chi connectivity index (χ4n) is 2.55. The molecule has 2 N–H and O–H groups in total. The normalized spacial score (nSPS) is 10.3. The zero-order valence-corrected chi connectivity index (χ0v) is 18.2. The highest BCUT2D eigenvalue weighted by molar-refractivity contribution is 14.1. The van der Waals surface area contributed by atoms with Crippen molar-refractivity contribution in [2.75, 3.05) is 9.62 Å². The van der Waals surface area contributed by atoms with E-state index in [1.807, 2.05) is 24.3 Å². The predicted octanol–water partition coefficient (Wildman–Crippen LogP) is 5.24. The Bertz CT molecular complexity index is 1030. The largest absolute Gasteiger partial charge is 0.333 e. The predicted molar refractivity (Wildman–Crippen MR) is 124 cm³/mol. The Kier molecular flexibility index (Phi) is 7.10. The van der Waals surface area contributed by atoms with Gasteiger partial charge in [-0.05, 0) is 76.7 Å². The summed E-state index contributed by atoms with van der Waals surface area (Å²) >= 11 is 6.45. The van der Waals surface area contributed by atoms with Crippen molar-refractivity contribution in [2.45, 2.75) is 6.54 Å². The van der Waals surface area contributed by atoms with E-state index in [2.05, 4.69) is 46.0 Å². The van der Waals surface area contributed by atoms with Gasteiger partial charge < -0.3 is 10.6 Å². The minimum absolute atomic E-state index is 0.0395. The summed E-state index contributed by atoms with van der Waals surface area (Å²) in [6, 6.07) is 19.7. The molecule has 0 fully saturated rings. The van der Waals surface area contributed by atoms with Crippen LogP contribution in [0.25, 0.3) is 0 Å². The number of urea groups is 1. The van der Waals surface area contributed by atoms with Gasteiger partial charge in [0, 0.05) is 15.8 Å². The molecule has 0 saturated heterocycles. The Morgan fingerprint density at radius 1 is 1.00 bits per heavy atom. The smallest absolute Gasteiger partial charge is 0.332 e. The number of hydrogen-bond acceptors (Lipinski definition) is 3. The monoisotopic (exact) mass is 521 g/mol. The van der Waals surface area contributed by atoms with Crippen molar-refractivity contribution in [1.29, 1.82) is 0 Å². The standard InChI is InChI=1S/C21H17FIN3O2S/c22-19-7-2-1-6-18(19)20(27)25-16-8-10-17(11-9-16)26(29)21(28)24-13-14-4-3-5-15(23)12-14/h1-12,29H,13H2,(H,24,28)(H,25,27). The molecule has 29 heavy (non-hydrogen) atoms. The lowest BCUT2D eigenvalue weighted by Gasteiger charge is -2.17. The number of nitrogens with zero attached hydrogens (tertiary/aromatic N) is 1. The molecule has 3 aromatic carbocycles. The molecular formula is C21H17FIN3O2S. The molecule has 0 saturated carbocycles. The molecular weight excluding hydrogens is 504 g/mol. The van der Waals surface area contributed by atoms with Crippen LogP contribution in [0.3, 0.4) is 0 Å². The van der Waals surface area contributed by atoms with Crippen LogP contribution in [-0.2, 0) is 6.54 Å². The van der Waals surface area contributed by atoms with Crippen molar-refractivity contribution < 1.29 is 14.0 Å². The molecule has 0 aliphatic heterocycles. The summed E-state index contributed by atoms with van der Waals surface area (Å²) < 4.78 is 16.0. The van der Waals surface area contributed by atoms with E-state index >= 15 is 0 Å². The lowest BCUT2D eigenvalue weighted by atomic mass is 10.2. The fraction of sp³-hybridized carbons (Fsp3) is 0.0476. The van der Waals surface area contributed by atoms with Crippen LogP contribution < -0.4 is 14.9 Å². The van der Waals surface area contributed by atoms with Crippen LogP contribution in [0.5, 0.6) is 0 Å². The van der Waals surface area contributed by atoms with Gasteiger partial charge in [0.1, 0.15) is 5.82 Å². The van der Waals surface area contributed by atoms with Gasteiger partial charge in [-0.1, -0.05) is 37.1 Å². The van der Waals surface area contributed by atoms with Crippen LogP contribution in [-0.4, -0.2) is 11.9 Å². The van der Waals surface area contributed by atoms with Gasteiger partial charge in [-0.15, -0.1) is 0 Å². The number of carbonyl (C=O) groups excluding carboxylic acids is 2. The van der Waals surface area contributed by atoms with Gasteiger partial charge in [0.2, 0.25) is 0 Å². The molecule has 0 unspecified atom stereocenters. The molecule has 8 heteroatoms. The van der Waals surface area contributed by atoms with Gasteiger partial charge >= 0.3 is 6.03 Å². The molecule has 0 aliphatic carbocycles. The number of carbonyl (C=O) groups is 2. The Labute approximate surface area is 187 Å². The summed E-state index contributed by atoms with van der Waals surface area (Å²) in [5.74, 6) is -1.14. The van der Waals surface area contributed by atoms with E-state index in [1.54, 1.807) is 30.3 Å². The SMILES string of the molecule is O=C(Nc1ccc(N(S)C(=O)NCc2cccc(I)c2)cc1)c1ccccc1F. The number of anilines is 2. The molecule has 3 amide bonds. The van der Waals surface area contributed by atoms with Crippen molar-refractivity contribution in [1.82, 2.24) is 5.32 Å². The third-order valence-electron chi connectivity index (χ3n) is 4.01. The Balaban J connectivity index is 1.59. The first kappa shape index (κ1) is 21.1. The number of benzene rings is 3. The number of nitrogens with one attached hydrogen (secondary N) is 2. The molecule has 3 aromatic rings. The van der Waals surface area contributed by atoms with Crippen molar-refractivity contribution in [2.24, 2.45) is 0 Å². The summed E-state index contributed by atoms with van der Waals surface area (Å²) in [4.78, 5) is 24.5. The van der Waals surface area contributed by atoms with Crippen LogP contribution in [0.1, 0.15) is 15.9 Å². The number of halogens is 2. The van der Waals surface area contributed by atoms with Crippen LogP contribution >= 0.6 is 35.4 Å². The summed E-state index contributed by atoms with van der Waals surface area (Å²) in [6.45, 7) is 0.378. The molecule has 0 atom stereocenters. The summed E-state index contributed by atoms with van der Waals surface area (Å²) in [5, 5.41) is 5.42. The molecule has 0 heterocycles. The molecule has 0 spiro atoms. The molecule has 3 rings (SSSR count). The van der Waals surface area contributed by atoms with Crippen LogP contribution in [0.4, 0.5) is 20.6 Å². The Hall–Kier alpha value is -2.59. The highest BCUT2D eigenvalue weighted by atomic mass is 127. The van der Waals surface area contributed by atoms with Gasteiger partial charge in [0.15, 0.2) is 0 Å². The zero-order valence-electron chi connectivity index (χ0n) is 15.1. The van der Waals surface area contributed by atoms with E-state index in [-0.39, 0.29) is 11.6 Å². The van der Waals surface area contributed by atoms with E-state index in [0.717, 1.165) is 9.13 Å². The van der Waals surface area contributed by atoms with E-state index in [0.29, 0.717) is 17.9 Å². The quantitative estimate of drug-likeness (QED) is 0.318. The molecule has 0 aliphatic rings. The van der Waals surface area contributed by atoms with Crippen molar-refractivity contribution >= 4 is 58.7 Å². The maximum Gasteiger partial charge on any atom is 0.332 e. The van der Waals surface area contributed by atoms with E-state index in [9.17, 15) is 14.0 Å². The first-order valence-electron chi connectivity index (χ1n) is 8.61. The second-order valence-corrected chi connectivity index (χ2v) is 7.73. The van der Waals surface area contributed by atoms with Gasteiger partial charge in [-0.2, -0.15) is 0 Å². The van der Waals surface area contributed by atoms with Crippen LogP contribution in [0.15, 0.2) is 72.8 Å².